The lowest BCUT2D eigenvalue weighted by Crippen LogP contribution is -1.94. The molecule has 0 atom stereocenters. The van der Waals surface area contributed by atoms with E-state index in [1.54, 1.807) is 6.08 Å². The zero-order valence-electron chi connectivity index (χ0n) is 10.5. The van der Waals surface area contributed by atoms with Crippen LogP contribution in [0.3, 0.4) is 0 Å². The van der Waals surface area contributed by atoms with Crippen molar-refractivity contribution in [1.29, 1.82) is 0 Å². The van der Waals surface area contributed by atoms with E-state index in [4.69, 9.17) is 5.11 Å². The van der Waals surface area contributed by atoms with E-state index in [1.165, 1.54) is 0 Å². The Morgan fingerprint density at radius 2 is 1.95 bits per heavy atom. The van der Waals surface area contributed by atoms with Crippen LogP contribution in [0.1, 0.15) is 11.3 Å². The summed E-state index contributed by atoms with van der Waals surface area (Å²) in [6.45, 7) is 1.94. The molecule has 2 N–H and O–H groups in total. The fourth-order valence-corrected chi connectivity index (χ4v) is 1.61. The molecule has 0 aliphatic rings. The van der Waals surface area contributed by atoms with Crippen LogP contribution in [0, 0.1) is 6.92 Å². The zero-order valence-corrected chi connectivity index (χ0v) is 10.5. The standard InChI is InChI=1S/C15H14N2O2/c1-11-3-2-4-14(16-11)17-13-8-5-12(6-9-13)7-10-15(18)19/h2-10H,1H3,(H,16,17)(H,18,19)/b10-7+. The molecule has 2 rings (SSSR count). The number of hydrogen-bond donors (Lipinski definition) is 2. The second-order valence-corrected chi connectivity index (χ2v) is 4.08. The Balaban J connectivity index is 2.08. The number of carbonyl (C=O) groups is 1. The Morgan fingerprint density at radius 1 is 1.21 bits per heavy atom. The maximum Gasteiger partial charge on any atom is 0.328 e. The number of aromatic nitrogens is 1. The highest BCUT2D eigenvalue weighted by Gasteiger charge is 1.96. The molecule has 4 heteroatoms. The summed E-state index contributed by atoms with van der Waals surface area (Å²) in [7, 11) is 0. The third-order valence-electron chi connectivity index (χ3n) is 2.49. The van der Waals surface area contributed by atoms with Gasteiger partial charge in [0.25, 0.3) is 0 Å². The largest absolute Gasteiger partial charge is 0.478 e. The summed E-state index contributed by atoms with van der Waals surface area (Å²) >= 11 is 0. The Bertz CT molecular complexity index is 604. The molecule has 0 saturated carbocycles. The fourth-order valence-electron chi connectivity index (χ4n) is 1.61. The van der Waals surface area contributed by atoms with E-state index in [9.17, 15) is 4.79 Å². The van der Waals surface area contributed by atoms with E-state index >= 15 is 0 Å². The fraction of sp³-hybridized carbons (Fsp3) is 0.0667. The molecule has 0 fully saturated rings. The van der Waals surface area contributed by atoms with Crippen molar-refractivity contribution in [2.45, 2.75) is 6.92 Å². The number of carboxylic acid groups (broad SMARTS) is 1. The van der Waals surface area contributed by atoms with Gasteiger partial charge in [-0.05, 0) is 42.8 Å². The predicted octanol–water partition coefficient (Wildman–Crippen LogP) is 3.23. The lowest BCUT2D eigenvalue weighted by molar-refractivity contribution is -0.131. The first kappa shape index (κ1) is 12.8. The van der Waals surface area contributed by atoms with Gasteiger partial charge >= 0.3 is 5.97 Å². The molecule has 0 amide bonds. The van der Waals surface area contributed by atoms with Gasteiger partial charge in [-0.2, -0.15) is 0 Å². The Hall–Kier alpha value is -2.62. The molecule has 1 heterocycles. The van der Waals surface area contributed by atoms with Crippen LogP contribution >= 0.6 is 0 Å². The molecule has 0 unspecified atom stereocenters. The first-order valence-electron chi connectivity index (χ1n) is 5.85. The molecule has 0 aliphatic heterocycles. The Kier molecular flexibility index (Phi) is 3.93. The van der Waals surface area contributed by atoms with Crippen molar-refractivity contribution in [1.82, 2.24) is 4.98 Å². The van der Waals surface area contributed by atoms with Crippen LogP contribution in [-0.4, -0.2) is 16.1 Å². The van der Waals surface area contributed by atoms with Gasteiger partial charge in [-0.15, -0.1) is 0 Å². The lowest BCUT2D eigenvalue weighted by Gasteiger charge is -2.06. The summed E-state index contributed by atoms with van der Waals surface area (Å²) in [5.41, 5.74) is 2.70. The summed E-state index contributed by atoms with van der Waals surface area (Å²) in [6.07, 6.45) is 2.67. The number of carboxylic acids is 1. The van der Waals surface area contributed by atoms with Crippen LogP contribution in [0.2, 0.25) is 0 Å². The van der Waals surface area contributed by atoms with Crippen LogP contribution in [0.25, 0.3) is 6.08 Å². The van der Waals surface area contributed by atoms with Crippen molar-refractivity contribution in [3.63, 3.8) is 0 Å². The minimum Gasteiger partial charge on any atom is -0.478 e. The highest BCUT2D eigenvalue weighted by molar-refractivity contribution is 5.85. The Morgan fingerprint density at radius 3 is 2.58 bits per heavy atom. The third kappa shape index (κ3) is 3.96. The molecule has 4 nitrogen and oxygen atoms in total. The lowest BCUT2D eigenvalue weighted by atomic mass is 10.2. The average molecular weight is 254 g/mol. The van der Waals surface area contributed by atoms with Crippen molar-refractivity contribution < 1.29 is 9.90 Å². The third-order valence-corrected chi connectivity index (χ3v) is 2.49. The van der Waals surface area contributed by atoms with Crippen molar-refractivity contribution >= 4 is 23.6 Å². The van der Waals surface area contributed by atoms with E-state index in [-0.39, 0.29) is 0 Å². The molecule has 0 saturated heterocycles. The normalized spacial score (nSPS) is 10.6. The van der Waals surface area contributed by atoms with Crippen LogP contribution in [0.5, 0.6) is 0 Å². The van der Waals surface area contributed by atoms with Gasteiger partial charge in [0, 0.05) is 17.5 Å². The van der Waals surface area contributed by atoms with Crippen molar-refractivity contribution in [3.05, 3.63) is 59.8 Å². The van der Waals surface area contributed by atoms with Gasteiger partial charge in [0.1, 0.15) is 5.82 Å². The molecule has 1 aromatic heterocycles. The highest BCUT2D eigenvalue weighted by Crippen LogP contribution is 2.16. The van der Waals surface area contributed by atoms with Gasteiger partial charge in [0.15, 0.2) is 0 Å². The van der Waals surface area contributed by atoms with Gasteiger partial charge in [-0.1, -0.05) is 18.2 Å². The summed E-state index contributed by atoms with van der Waals surface area (Å²) < 4.78 is 0. The summed E-state index contributed by atoms with van der Waals surface area (Å²) in [4.78, 5) is 14.8. The molecule has 0 aliphatic carbocycles. The first-order valence-corrected chi connectivity index (χ1v) is 5.85. The number of nitrogens with one attached hydrogen (secondary N) is 1. The molecule has 96 valence electrons. The maximum atomic E-state index is 10.4. The molecular weight excluding hydrogens is 240 g/mol. The summed E-state index contributed by atoms with van der Waals surface area (Å²) in [5.74, 6) is -0.167. The van der Waals surface area contributed by atoms with Gasteiger partial charge in [-0.3, -0.25) is 0 Å². The first-order chi connectivity index (χ1) is 9.13. The number of hydrogen-bond acceptors (Lipinski definition) is 3. The predicted molar refractivity (Wildman–Crippen MR) is 75.4 cm³/mol. The second-order valence-electron chi connectivity index (χ2n) is 4.08. The number of aryl methyl sites for hydroxylation is 1. The number of nitrogens with zero attached hydrogens (tertiary/aromatic N) is 1. The van der Waals surface area contributed by atoms with E-state index in [2.05, 4.69) is 10.3 Å². The summed E-state index contributed by atoms with van der Waals surface area (Å²) in [5, 5.41) is 11.7. The van der Waals surface area contributed by atoms with Gasteiger partial charge in [0.05, 0.1) is 0 Å². The second kappa shape index (κ2) is 5.82. The van der Waals surface area contributed by atoms with E-state index in [0.717, 1.165) is 28.8 Å². The number of anilines is 2. The van der Waals surface area contributed by atoms with Crippen molar-refractivity contribution in [2.75, 3.05) is 5.32 Å². The molecule has 1 aromatic carbocycles. The molecule has 0 bridgehead atoms. The highest BCUT2D eigenvalue weighted by atomic mass is 16.4. The van der Waals surface area contributed by atoms with Crippen LogP contribution in [0.15, 0.2) is 48.5 Å². The molecule has 0 spiro atoms. The average Bonchev–Trinajstić information content (AvgIpc) is 2.38. The van der Waals surface area contributed by atoms with E-state index in [1.807, 2.05) is 49.4 Å². The SMILES string of the molecule is Cc1cccc(Nc2ccc(/C=C/C(=O)O)cc2)n1. The molecule has 19 heavy (non-hydrogen) atoms. The minimum atomic E-state index is -0.953. The van der Waals surface area contributed by atoms with Crippen LogP contribution in [-0.2, 0) is 4.79 Å². The molecule has 2 aromatic rings. The van der Waals surface area contributed by atoms with Crippen LogP contribution in [0.4, 0.5) is 11.5 Å². The van der Waals surface area contributed by atoms with E-state index < -0.39 is 5.97 Å². The number of aliphatic carboxylic acids is 1. The number of pyridine rings is 1. The number of benzene rings is 1. The number of rotatable bonds is 4. The van der Waals surface area contributed by atoms with Gasteiger partial charge in [-0.25, -0.2) is 9.78 Å². The monoisotopic (exact) mass is 254 g/mol. The Labute approximate surface area is 111 Å². The molecular formula is C15H14N2O2. The van der Waals surface area contributed by atoms with Gasteiger partial charge < -0.3 is 10.4 Å². The van der Waals surface area contributed by atoms with Crippen molar-refractivity contribution in [3.8, 4) is 0 Å². The topological polar surface area (TPSA) is 62.2 Å². The molecule has 0 radical (unpaired) electrons. The van der Waals surface area contributed by atoms with E-state index in [0.29, 0.717) is 0 Å². The van der Waals surface area contributed by atoms with Crippen LogP contribution < -0.4 is 5.32 Å². The van der Waals surface area contributed by atoms with Gasteiger partial charge in [0.2, 0.25) is 0 Å². The minimum absolute atomic E-state index is 0.786. The smallest absolute Gasteiger partial charge is 0.328 e. The quantitative estimate of drug-likeness (QED) is 0.822. The van der Waals surface area contributed by atoms with Crippen molar-refractivity contribution in [2.24, 2.45) is 0 Å². The summed E-state index contributed by atoms with van der Waals surface area (Å²) in [6, 6.07) is 13.2. The maximum absolute atomic E-state index is 10.4. The zero-order chi connectivity index (χ0) is 13.7.